The Hall–Kier alpha value is -1.20. The number of thioether (sulfide) groups is 1. The fourth-order valence-corrected chi connectivity index (χ4v) is 3.80. The summed E-state index contributed by atoms with van der Waals surface area (Å²) in [6.07, 6.45) is -0.189. The van der Waals surface area contributed by atoms with Gasteiger partial charge in [0.2, 0.25) is 0 Å². The van der Waals surface area contributed by atoms with Crippen LogP contribution in [0.2, 0.25) is 0 Å². The first-order valence-corrected chi connectivity index (χ1v) is 10.2. The van der Waals surface area contributed by atoms with Crippen LogP contribution in [-0.4, -0.2) is 58.2 Å². The molecule has 1 aliphatic heterocycles. The Labute approximate surface area is 156 Å². The molecule has 1 aromatic rings. The van der Waals surface area contributed by atoms with Crippen molar-refractivity contribution in [3.8, 4) is 0 Å². The molecule has 0 radical (unpaired) electrons. The maximum Gasteiger partial charge on any atom is 0.410 e. The summed E-state index contributed by atoms with van der Waals surface area (Å²) in [7, 11) is 0. The van der Waals surface area contributed by atoms with E-state index in [1.807, 2.05) is 37.4 Å². The van der Waals surface area contributed by atoms with Gasteiger partial charge < -0.3 is 9.64 Å². The number of rotatable bonds is 5. The first kappa shape index (κ1) is 20.1. The number of nitrogens with zero attached hydrogens (tertiary/aromatic N) is 2. The van der Waals surface area contributed by atoms with Crippen LogP contribution in [0.5, 0.6) is 0 Å². The van der Waals surface area contributed by atoms with Crippen molar-refractivity contribution in [1.29, 1.82) is 0 Å². The van der Waals surface area contributed by atoms with Gasteiger partial charge in [0.1, 0.15) is 5.60 Å². The van der Waals surface area contributed by atoms with Crippen LogP contribution >= 0.6 is 11.8 Å². The SMILES string of the molecule is CC(C)SC[C@@H]1CN(C(=O)OC(C)(C)C)CCN1Cc1ccccc1. The molecule has 1 heterocycles. The predicted octanol–water partition coefficient (Wildman–Crippen LogP) is 4.25. The third-order valence-corrected chi connectivity index (χ3v) is 5.35. The van der Waals surface area contributed by atoms with E-state index >= 15 is 0 Å². The summed E-state index contributed by atoms with van der Waals surface area (Å²) >= 11 is 1.96. The number of hydrogen-bond acceptors (Lipinski definition) is 4. The fraction of sp³-hybridized carbons (Fsp3) is 0.650. The normalized spacial score (nSPS) is 19.3. The van der Waals surface area contributed by atoms with Crippen molar-refractivity contribution in [2.24, 2.45) is 0 Å². The molecule has 1 saturated heterocycles. The minimum atomic E-state index is -0.444. The van der Waals surface area contributed by atoms with Crippen LogP contribution in [-0.2, 0) is 11.3 Å². The molecule has 5 heteroatoms. The molecule has 4 nitrogen and oxygen atoms in total. The molecule has 0 bridgehead atoms. The molecule has 0 aromatic heterocycles. The maximum absolute atomic E-state index is 12.4. The van der Waals surface area contributed by atoms with E-state index in [9.17, 15) is 4.79 Å². The molecule has 1 aliphatic rings. The molecule has 1 fully saturated rings. The number of amides is 1. The van der Waals surface area contributed by atoms with Gasteiger partial charge in [0.15, 0.2) is 0 Å². The van der Waals surface area contributed by atoms with Gasteiger partial charge in [-0.15, -0.1) is 0 Å². The Bertz CT molecular complexity index is 542. The number of carbonyl (C=O) groups is 1. The Kier molecular flexibility index (Phi) is 7.20. The van der Waals surface area contributed by atoms with Gasteiger partial charge in [-0.3, -0.25) is 4.90 Å². The second-order valence-corrected chi connectivity index (χ2v) is 9.53. The monoisotopic (exact) mass is 364 g/mol. The molecule has 1 amide bonds. The molecule has 2 rings (SSSR count). The quantitative estimate of drug-likeness (QED) is 0.782. The van der Waals surface area contributed by atoms with Crippen LogP contribution in [0.3, 0.4) is 0 Å². The van der Waals surface area contributed by atoms with Crippen LogP contribution in [0, 0.1) is 0 Å². The molecule has 0 saturated carbocycles. The van der Waals surface area contributed by atoms with Crippen LogP contribution in [0.4, 0.5) is 4.79 Å². The van der Waals surface area contributed by atoms with Gasteiger partial charge in [-0.25, -0.2) is 4.79 Å². The average Bonchev–Trinajstić information content (AvgIpc) is 2.53. The topological polar surface area (TPSA) is 32.8 Å². The van der Waals surface area contributed by atoms with Gasteiger partial charge in [0, 0.05) is 38.0 Å². The van der Waals surface area contributed by atoms with E-state index in [2.05, 4.69) is 49.1 Å². The summed E-state index contributed by atoms with van der Waals surface area (Å²) in [6.45, 7) is 13.5. The second kappa shape index (κ2) is 8.95. The molecule has 0 unspecified atom stereocenters. The van der Waals surface area contributed by atoms with Crippen LogP contribution in [0.15, 0.2) is 30.3 Å². The molecule has 25 heavy (non-hydrogen) atoms. The highest BCUT2D eigenvalue weighted by Crippen LogP contribution is 2.21. The molecular formula is C20H32N2O2S. The Morgan fingerprint density at radius 1 is 1.24 bits per heavy atom. The van der Waals surface area contributed by atoms with Gasteiger partial charge in [-0.05, 0) is 31.6 Å². The largest absolute Gasteiger partial charge is 0.444 e. The number of ether oxygens (including phenoxy) is 1. The van der Waals surface area contributed by atoms with Gasteiger partial charge in [-0.2, -0.15) is 11.8 Å². The number of piperazine rings is 1. The third kappa shape index (κ3) is 6.90. The summed E-state index contributed by atoms with van der Waals surface area (Å²) in [5.74, 6) is 1.03. The minimum absolute atomic E-state index is 0.189. The zero-order chi connectivity index (χ0) is 18.4. The Balaban J connectivity index is 2.02. The first-order chi connectivity index (χ1) is 11.7. The fourth-order valence-electron chi connectivity index (χ4n) is 2.87. The molecular weight excluding hydrogens is 332 g/mol. The van der Waals surface area contributed by atoms with E-state index in [0.29, 0.717) is 11.3 Å². The van der Waals surface area contributed by atoms with E-state index < -0.39 is 5.60 Å². The zero-order valence-electron chi connectivity index (χ0n) is 16.2. The first-order valence-electron chi connectivity index (χ1n) is 9.12. The molecule has 0 aliphatic carbocycles. The van der Waals surface area contributed by atoms with Gasteiger partial charge >= 0.3 is 6.09 Å². The average molecular weight is 365 g/mol. The van der Waals surface area contributed by atoms with E-state index in [4.69, 9.17) is 4.74 Å². The minimum Gasteiger partial charge on any atom is -0.444 e. The molecule has 0 spiro atoms. The highest BCUT2D eigenvalue weighted by atomic mass is 32.2. The standard InChI is InChI=1S/C20H32N2O2S/c1-16(2)25-15-18-14-22(19(23)24-20(3,4)5)12-11-21(18)13-17-9-7-6-8-10-17/h6-10,16,18H,11-15H2,1-5H3/t18-/m0/s1. The van der Waals surface area contributed by atoms with Crippen molar-refractivity contribution in [2.45, 2.75) is 58.1 Å². The van der Waals surface area contributed by atoms with Crippen molar-refractivity contribution in [2.75, 3.05) is 25.4 Å². The van der Waals surface area contributed by atoms with E-state index in [1.54, 1.807) is 0 Å². The number of benzene rings is 1. The highest BCUT2D eigenvalue weighted by Gasteiger charge is 2.32. The summed E-state index contributed by atoms with van der Waals surface area (Å²) in [5, 5.41) is 0.593. The summed E-state index contributed by atoms with van der Waals surface area (Å²) < 4.78 is 5.57. The van der Waals surface area contributed by atoms with Crippen molar-refractivity contribution in [3.63, 3.8) is 0 Å². The Morgan fingerprint density at radius 3 is 2.52 bits per heavy atom. The number of hydrogen-bond donors (Lipinski definition) is 0. The maximum atomic E-state index is 12.4. The molecule has 1 aromatic carbocycles. The molecule has 1 atom stereocenters. The summed E-state index contributed by atoms with van der Waals surface area (Å²) in [4.78, 5) is 16.8. The lowest BCUT2D eigenvalue weighted by Gasteiger charge is -2.41. The summed E-state index contributed by atoms with van der Waals surface area (Å²) in [5.41, 5.74) is 0.883. The van der Waals surface area contributed by atoms with E-state index in [1.165, 1.54) is 5.56 Å². The van der Waals surface area contributed by atoms with E-state index in [-0.39, 0.29) is 6.09 Å². The van der Waals surface area contributed by atoms with Gasteiger partial charge in [0.25, 0.3) is 0 Å². The van der Waals surface area contributed by atoms with Gasteiger partial charge in [-0.1, -0.05) is 44.2 Å². The predicted molar refractivity (Wildman–Crippen MR) is 106 cm³/mol. The molecule has 0 N–H and O–H groups in total. The van der Waals surface area contributed by atoms with Crippen LogP contribution < -0.4 is 0 Å². The smallest absolute Gasteiger partial charge is 0.410 e. The zero-order valence-corrected chi connectivity index (χ0v) is 17.0. The van der Waals surface area contributed by atoms with Crippen molar-refractivity contribution >= 4 is 17.9 Å². The summed E-state index contributed by atoms with van der Waals surface area (Å²) in [6, 6.07) is 10.9. The Morgan fingerprint density at radius 2 is 1.92 bits per heavy atom. The second-order valence-electron chi connectivity index (χ2n) is 7.92. The van der Waals surface area contributed by atoms with Crippen molar-refractivity contribution < 1.29 is 9.53 Å². The van der Waals surface area contributed by atoms with Crippen LogP contribution in [0.1, 0.15) is 40.2 Å². The number of carbonyl (C=O) groups excluding carboxylic acids is 1. The van der Waals surface area contributed by atoms with Gasteiger partial charge in [0.05, 0.1) is 0 Å². The van der Waals surface area contributed by atoms with Crippen molar-refractivity contribution in [3.05, 3.63) is 35.9 Å². The van der Waals surface area contributed by atoms with Crippen molar-refractivity contribution in [1.82, 2.24) is 9.80 Å². The lowest BCUT2D eigenvalue weighted by atomic mass is 10.1. The molecule has 140 valence electrons. The highest BCUT2D eigenvalue weighted by molar-refractivity contribution is 7.99. The third-order valence-electron chi connectivity index (χ3n) is 4.11. The lowest BCUT2D eigenvalue weighted by molar-refractivity contribution is 0.00517. The van der Waals surface area contributed by atoms with Crippen LogP contribution in [0.25, 0.3) is 0 Å². The van der Waals surface area contributed by atoms with E-state index in [0.717, 1.165) is 31.9 Å². The lowest BCUT2D eigenvalue weighted by Crippen LogP contribution is -2.56.